The Kier molecular flexibility index (Phi) is 2.89. The molecule has 0 fully saturated rings. The predicted molar refractivity (Wildman–Crippen MR) is 48.3 cm³/mol. The molecule has 0 amide bonds. The summed E-state index contributed by atoms with van der Waals surface area (Å²) in [5.74, 6) is 5.74. The van der Waals surface area contributed by atoms with Crippen LogP contribution in [0.3, 0.4) is 0 Å². The van der Waals surface area contributed by atoms with E-state index in [0.717, 1.165) is 5.56 Å². The van der Waals surface area contributed by atoms with Crippen LogP contribution in [0.1, 0.15) is 25.5 Å². The maximum Gasteiger partial charge on any atom is 0.102 e. The zero-order valence-electron chi connectivity index (χ0n) is 7.41. The van der Waals surface area contributed by atoms with Gasteiger partial charge in [0.05, 0.1) is 6.20 Å². The van der Waals surface area contributed by atoms with Crippen molar-refractivity contribution in [2.75, 3.05) is 0 Å². The Morgan fingerprint density at radius 3 is 3.00 bits per heavy atom. The molecule has 0 aliphatic heterocycles. The van der Waals surface area contributed by atoms with Crippen molar-refractivity contribution in [1.29, 1.82) is 0 Å². The van der Waals surface area contributed by atoms with Crippen LogP contribution in [0.25, 0.3) is 0 Å². The first kappa shape index (κ1) is 8.82. The number of hydrogen-bond acceptors (Lipinski definition) is 2. The lowest BCUT2D eigenvalue weighted by molar-refractivity contribution is 0.712. The lowest BCUT2D eigenvalue weighted by Crippen LogP contribution is -2.03. The summed E-state index contributed by atoms with van der Waals surface area (Å²) in [7, 11) is 0. The predicted octanol–water partition coefficient (Wildman–Crippen LogP) is 0.926. The molecular formula is C9H13N3. The molecule has 1 rings (SSSR count). The van der Waals surface area contributed by atoms with E-state index in [4.69, 9.17) is 5.73 Å². The molecule has 64 valence electrons. The number of nitrogens with two attached hydrogens (primary N) is 1. The first-order valence-corrected chi connectivity index (χ1v) is 3.91. The van der Waals surface area contributed by atoms with Crippen molar-refractivity contribution in [1.82, 2.24) is 9.78 Å². The van der Waals surface area contributed by atoms with Gasteiger partial charge in [-0.3, -0.25) is 4.68 Å². The van der Waals surface area contributed by atoms with E-state index in [9.17, 15) is 0 Å². The standard InChI is InChI=1S/C9H13N3/c1-3-4-5-12-7-9(6-11-12)8(2)10/h6-8H,5,10H2,1-2H3/t8-/m1/s1. The van der Waals surface area contributed by atoms with Crippen LogP contribution >= 0.6 is 0 Å². The van der Waals surface area contributed by atoms with Crippen molar-refractivity contribution in [2.45, 2.75) is 26.4 Å². The van der Waals surface area contributed by atoms with Crippen LogP contribution in [-0.4, -0.2) is 9.78 Å². The molecule has 0 saturated heterocycles. The Labute approximate surface area is 72.6 Å². The van der Waals surface area contributed by atoms with Crippen LogP contribution in [0.5, 0.6) is 0 Å². The Bertz CT molecular complexity index is 301. The van der Waals surface area contributed by atoms with Gasteiger partial charge in [-0.25, -0.2) is 0 Å². The molecule has 3 heteroatoms. The van der Waals surface area contributed by atoms with Crippen LogP contribution < -0.4 is 5.73 Å². The van der Waals surface area contributed by atoms with Crippen molar-refractivity contribution < 1.29 is 0 Å². The van der Waals surface area contributed by atoms with E-state index in [0.29, 0.717) is 6.54 Å². The zero-order valence-corrected chi connectivity index (χ0v) is 7.41. The minimum absolute atomic E-state index is 0.0494. The molecule has 0 aromatic carbocycles. The maximum absolute atomic E-state index is 5.67. The largest absolute Gasteiger partial charge is 0.324 e. The van der Waals surface area contributed by atoms with Crippen molar-refractivity contribution in [3.05, 3.63) is 18.0 Å². The van der Waals surface area contributed by atoms with Crippen molar-refractivity contribution >= 4 is 0 Å². The van der Waals surface area contributed by atoms with E-state index in [1.165, 1.54) is 0 Å². The van der Waals surface area contributed by atoms with Crippen LogP contribution in [0, 0.1) is 11.8 Å². The molecule has 0 unspecified atom stereocenters. The van der Waals surface area contributed by atoms with Gasteiger partial charge in [0.2, 0.25) is 0 Å². The summed E-state index contributed by atoms with van der Waals surface area (Å²) in [5.41, 5.74) is 6.72. The Morgan fingerprint density at radius 2 is 2.50 bits per heavy atom. The lowest BCUT2D eigenvalue weighted by Gasteiger charge is -1.97. The average molecular weight is 163 g/mol. The molecule has 0 aliphatic carbocycles. The lowest BCUT2D eigenvalue weighted by atomic mass is 10.2. The highest BCUT2D eigenvalue weighted by atomic mass is 15.3. The maximum atomic E-state index is 5.67. The van der Waals surface area contributed by atoms with Crippen LogP contribution in [0.15, 0.2) is 12.4 Å². The number of aromatic nitrogens is 2. The van der Waals surface area contributed by atoms with Gasteiger partial charge in [0.15, 0.2) is 0 Å². The van der Waals surface area contributed by atoms with Crippen LogP contribution in [-0.2, 0) is 6.54 Å². The molecule has 1 heterocycles. The van der Waals surface area contributed by atoms with E-state index < -0.39 is 0 Å². The number of hydrogen-bond donors (Lipinski definition) is 1. The van der Waals surface area contributed by atoms with E-state index in [2.05, 4.69) is 16.9 Å². The minimum Gasteiger partial charge on any atom is -0.324 e. The summed E-state index contributed by atoms with van der Waals surface area (Å²) in [5, 5.41) is 4.11. The molecule has 0 saturated carbocycles. The average Bonchev–Trinajstić information content (AvgIpc) is 2.48. The second-order valence-electron chi connectivity index (χ2n) is 2.69. The summed E-state index contributed by atoms with van der Waals surface area (Å²) in [6.07, 6.45) is 3.71. The van der Waals surface area contributed by atoms with Gasteiger partial charge in [-0.15, -0.1) is 5.92 Å². The number of rotatable bonds is 2. The highest BCUT2D eigenvalue weighted by Gasteiger charge is 2.00. The third kappa shape index (κ3) is 2.11. The summed E-state index contributed by atoms with van der Waals surface area (Å²) in [6, 6.07) is 0.0494. The molecular weight excluding hydrogens is 150 g/mol. The first-order chi connectivity index (χ1) is 5.74. The van der Waals surface area contributed by atoms with Gasteiger partial charge >= 0.3 is 0 Å². The minimum atomic E-state index is 0.0494. The third-order valence-corrected chi connectivity index (χ3v) is 1.60. The SMILES string of the molecule is CC#CCn1cc([C@@H](C)N)cn1. The van der Waals surface area contributed by atoms with Gasteiger partial charge in [-0.1, -0.05) is 5.92 Å². The fraction of sp³-hybridized carbons (Fsp3) is 0.444. The molecule has 1 aromatic heterocycles. The molecule has 3 nitrogen and oxygen atoms in total. The van der Waals surface area contributed by atoms with Gasteiger partial charge < -0.3 is 5.73 Å². The topological polar surface area (TPSA) is 43.8 Å². The van der Waals surface area contributed by atoms with E-state index in [1.807, 2.05) is 20.0 Å². The molecule has 1 aromatic rings. The Morgan fingerprint density at radius 1 is 1.75 bits per heavy atom. The summed E-state index contributed by atoms with van der Waals surface area (Å²) in [4.78, 5) is 0. The summed E-state index contributed by atoms with van der Waals surface area (Å²) in [6.45, 7) is 4.39. The summed E-state index contributed by atoms with van der Waals surface area (Å²) >= 11 is 0. The Hall–Kier alpha value is -1.27. The van der Waals surface area contributed by atoms with Gasteiger partial charge in [0, 0.05) is 17.8 Å². The first-order valence-electron chi connectivity index (χ1n) is 3.91. The van der Waals surface area contributed by atoms with E-state index in [-0.39, 0.29) is 6.04 Å². The van der Waals surface area contributed by atoms with Gasteiger partial charge in [0.25, 0.3) is 0 Å². The highest BCUT2D eigenvalue weighted by Crippen LogP contribution is 2.06. The molecule has 0 bridgehead atoms. The second-order valence-corrected chi connectivity index (χ2v) is 2.69. The monoisotopic (exact) mass is 163 g/mol. The fourth-order valence-electron chi connectivity index (χ4n) is 0.861. The quantitative estimate of drug-likeness (QED) is 0.659. The smallest absolute Gasteiger partial charge is 0.102 e. The van der Waals surface area contributed by atoms with E-state index in [1.54, 1.807) is 10.9 Å². The molecule has 0 radical (unpaired) electrons. The molecule has 0 spiro atoms. The van der Waals surface area contributed by atoms with Crippen molar-refractivity contribution in [3.8, 4) is 11.8 Å². The van der Waals surface area contributed by atoms with Crippen molar-refractivity contribution in [2.24, 2.45) is 5.73 Å². The molecule has 1 atom stereocenters. The van der Waals surface area contributed by atoms with Crippen LogP contribution in [0.2, 0.25) is 0 Å². The van der Waals surface area contributed by atoms with E-state index >= 15 is 0 Å². The van der Waals surface area contributed by atoms with Crippen molar-refractivity contribution in [3.63, 3.8) is 0 Å². The van der Waals surface area contributed by atoms with Gasteiger partial charge in [-0.2, -0.15) is 5.10 Å². The van der Waals surface area contributed by atoms with Gasteiger partial charge in [-0.05, 0) is 13.8 Å². The molecule has 12 heavy (non-hydrogen) atoms. The van der Waals surface area contributed by atoms with Gasteiger partial charge in [0.1, 0.15) is 6.54 Å². The highest BCUT2D eigenvalue weighted by molar-refractivity contribution is 5.09. The summed E-state index contributed by atoms with van der Waals surface area (Å²) < 4.78 is 1.79. The third-order valence-electron chi connectivity index (χ3n) is 1.60. The Balaban J connectivity index is 2.68. The fourth-order valence-corrected chi connectivity index (χ4v) is 0.861. The zero-order chi connectivity index (χ0) is 8.97. The van der Waals surface area contributed by atoms with Crippen LogP contribution in [0.4, 0.5) is 0 Å². The second kappa shape index (κ2) is 3.93. The number of nitrogens with zero attached hydrogens (tertiary/aromatic N) is 2. The molecule has 0 aliphatic rings. The molecule has 2 N–H and O–H groups in total. The normalized spacial score (nSPS) is 11.9.